The fraction of sp³-hybridized carbons (Fsp3) is 0.950. The molecule has 2 N–H and O–H groups in total. The van der Waals surface area contributed by atoms with Crippen molar-refractivity contribution in [2.75, 3.05) is 53.1 Å². The summed E-state index contributed by atoms with van der Waals surface area (Å²) < 4.78 is 11.2. The minimum atomic E-state index is 0.453. The Morgan fingerprint density at radius 1 is 1.15 bits per heavy atom. The molecule has 2 aliphatic heterocycles. The second-order valence-electron chi connectivity index (χ2n) is 7.69. The first-order valence-electron chi connectivity index (χ1n) is 10.6. The zero-order valence-corrected chi connectivity index (χ0v) is 17.1. The molecule has 0 bridgehead atoms. The molecule has 0 radical (unpaired) electrons. The normalized spacial score (nSPS) is 24.4. The Hall–Kier alpha value is -0.850. The van der Waals surface area contributed by atoms with Gasteiger partial charge in [0, 0.05) is 51.3 Å². The van der Waals surface area contributed by atoms with Crippen LogP contribution >= 0.6 is 0 Å². The maximum Gasteiger partial charge on any atom is 0.191 e. The first-order chi connectivity index (χ1) is 12.7. The Balaban J connectivity index is 1.79. The van der Waals surface area contributed by atoms with E-state index >= 15 is 0 Å². The van der Waals surface area contributed by atoms with Crippen molar-refractivity contribution >= 4 is 5.96 Å². The highest BCUT2D eigenvalue weighted by atomic mass is 16.5. The third kappa shape index (κ3) is 7.41. The maximum absolute atomic E-state index is 5.66. The van der Waals surface area contributed by atoms with Crippen LogP contribution in [0.15, 0.2) is 4.99 Å². The lowest BCUT2D eigenvalue weighted by Gasteiger charge is -2.37. The molecular formula is C20H40N4O2. The van der Waals surface area contributed by atoms with Gasteiger partial charge >= 0.3 is 0 Å². The topological polar surface area (TPSA) is 58.1 Å². The number of nitrogens with one attached hydrogen (secondary N) is 2. The number of rotatable bonds is 10. The van der Waals surface area contributed by atoms with Crippen molar-refractivity contribution in [2.45, 2.75) is 64.5 Å². The van der Waals surface area contributed by atoms with E-state index in [0.717, 1.165) is 58.4 Å². The summed E-state index contributed by atoms with van der Waals surface area (Å²) in [5.41, 5.74) is 0. The Morgan fingerprint density at radius 2 is 1.96 bits per heavy atom. The van der Waals surface area contributed by atoms with Crippen molar-refractivity contribution in [1.29, 1.82) is 0 Å². The van der Waals surface area contributed by atoms with E-state index in [2.05, 4.69) is 34.4 Å². The average Bonchev–Trinajstić information content (AvgIpc) is 3.20. The van der Waals surface area contributed by atoms with Gasteiger partial charge in [0.25, 0.3) is 0 Å². The number of guanidine groups is 1. The molecule has 0 saturated carbocycles. The van der Waals surface area contributed by atoms with Crippen LogP contribution in [-0.2, 0) is 9.47 Å². The summed E-state index contributed by atoms with van der Waals surface area (Å²) in [7, 11) is 1.86. The summed E-state index contributed by atoms with van der Waals surface area (Å²) >= 11 is 0. The predicted octanol–water partition coefficient (Wildman–Crippen LogP) is 2.25. The highest BCUT2D eigenvalue weighted by Gasteiger charge is 2.31. The first kappa shape index (κ1) is 21.5. The van der Waals surface area contributed by atoms with Crippen molar-refractivity contribution in [3.05, 3.63) is 0 Å². The molecule has 2 aliphatic rings. The van der Waals surface area contributed by atoms with Gasteiger partial charge in [-0.05, 0) is 19.8 Å². The van der Waals surface area contributed by atoms with Crippen LogP contribution in [0.5, 0.6) is 0 Å². The fourth-order valence-electron chi connectivity index (χ4n) is 3.94. The van der Waals surface area contributed by atoms with Gasteiger partial charge < -0.3 is 20.1 Å². The monoisotopic (exact) mass is 368 g/mol. The predicted molar refractivity (Wildman–Crippen MR) is 108 cm³/mol. The van der Waals surface area contributed by atoms with Crippen molar-refractivity contribution in [3.8, 4) is 0 Å². The summed E-state index contributed by atoms with van der Waals surface area (Å²) in [6, 6.07) is 0.939. The van der Waals surface area contributed by atoms with Gasteiger partial charge in [-0.25, -0.2) is 0 Å². The van der Waals surface area contributed by atoms with Gasteiger partial charge in [0.1, 0.15) is 0 Å². The van der Waals surface area contributed by atoms with Crippen LogP contribution in [0.25, 0.3) is 0 Å². The highest BCUT2D eigenvalue weighted by molar-refractivity contribution is 5.79. The third-order valence-corrected chi connectivity index (χ3v) is 5.60. The molecule has 0 aromatic rings. The zero-order valence-electron chi connectivity index (χ0n) is 17.1. The van der Waals surface area contributed by atoms with Crippen LogP contribution in [0.4, 0.5) is 0 Å². The van der Waals surface area contributed by atoms with E-state index < -0.39 is 0 Å². The minimum absolute atomic E-state index is 0.453. The SMILES string of the molecule is CCCCCCC(C)NC(=NC)NCC(C1CCOC1)N1CCOCC1. The molecule has 2 fully saturated rings. The van der Waals surface area contributed by atoms with Gasteiger partial charge in [0.2, 0.25) is 0 Å². The summed E-state index contributed by atoms with van der Waals surface area (Å²) in [6.45, 7) is 10.9. The van der Waals surface area contributed by atoms with Crippen LogP contribution < -0.4 is 10.6 Å². The second kappa shape index (κ2) is 12.5. The second-order valence-corrected chi connectivity index (χ2v) is 7.69. The summed E-state index contributed by atoms with van der Waals surface area (Å²) in [5, 5.41) is 7.13. The molecule has 26 heavy (non-hydrogen) atoms. The van der Waals surface area contributed by atoms with E-state index in [1.165, 1.54) is 32.1 Å². The lowest BCUT2D eigenvalue weighted by Crippen LogP contribution is -2.54. The maximum atomic E-state index is 5.66. The molecule has 0 aromatic heterocycles. The van der Waals surface area contributed by atoms with Crippen LogP contribution in [-0.4, -0.2) is 76.1 Å². The van der Waals surface area contributed by atoms with Crippen molar-refractivity contribution in [3.63, 3.8) is 0 Å². The molecule has 0 spiro atoms. The van der Waals surface area contributed by atoms with E-state index in [1.807, 2.05) is 7.05 Å². The number of ether oxygens (including phenoxy) is 2. The van der Waals surface area contributed by atoms with Crippen LogP contribution in [0.1, 0.15) is 52.4 Å². The molecule has 2 rings (SSSR count). The Kier molecular flexibility index (Phi) is 10.3. The number of aliphatic imine (C=N–C) groups is 1. The largest absolute Gasteiger partial charge is 0.381 e. The van der Waals surface area contributed by atoms with Gasteiger partial charge in [-0.3, -0.25) is 9.89 Å². The van der Waals surface area contributed by atoms with E-state index in [1.54, 1.807) is 0 Å². The molecular weight excluding hydrogens is 328 g/mol. The van der Waals surface area contributed by atoms with E-state index in [4.69, 9.17) is 9.47 Å². The Bertz CT molecular complexity index is 393. The number of hydrogen-bond acceptors (Lipinski definition) is 4. The number of unbranched alkanes of at least 4 members (excludes halogenated alkanes) is 3. The standard InChI is InChI=1S/C20H40N4O2/c1-4-5-6-7-8-17(2)23-20(21-3)22-15-19(18-9-12-26-16-18)24-10-13-25-14-11-24/h17-19H,4-16H2,1-3H3,(H2,21,22,23). The summed E-state index contributed by atoms with van der Waals surface area (Å²) in [6.07, 6.45) is 7.60. The van der Waals surface area contributed by atoms with Crippen molar-refractivity contribution in [2.24, 2.45) is 10.9 Å². The lowest BCUT2D eigenvalue weighted by atomic mass is 9.97. The molecule has 3 unspecified atom stereocenters. The third-order valence-electron chi connectivity index (χ3n) is 5.60. The van der Waals surface area contributed by atoms with Gasteiger partial charge in [-0.2, -0.15) is 0 Å². The number of nitrogens with zero attached hydrogens (tertiary/aromatic N) is 2. The first-order valence-corrected chi connectivity index (χ1v) is 10.6. The average molecular weight is 369 g/mol. The Labute approximate surface area is 160 Å². The molecule has 2 saturated heterocycles. The van der Waals surface area contributed by atoms with Crippen LogP contribution in [0, 0.1) is 5.92 Å². The molecule has 6 nitrogen and oxygen atoms in total. The van der Waals surface area contributed by atoms with Crippen molar-refractivity contribution < 1.29 is 9.47 Å². The molecule has 6 heteroatoms. The molecule has 152 valence electrons. The van der Waals surface area contributed by atoms with Crippen molar-refractivity contribution in [1.82, 2.24) is 15.5 Å². The number of morpholine rings is 1. The molecule has 2 heterocycles. The van der Waals surface area contributed by atoms with Crippen LogP contribution in [0.2, 0.25) is 0 Å². The molecule has 0 aliphatic carbocycles. The molecule has 0 aromatic carbocycles. The smallest absolute Gasteiger partial charge is 0.191 e. The van der Waals surface area contributed by atoms with Gasteiger partial charge in [0.05, 0.1) is 19.8 Å². The van der Waals surface area contributed by atoms with E-state index in [9.17, 15) is 0 Å². The fourth-order valence-corrected chi connectivity index (χ4v) is 3.94. The minimum Gasteiger partial charge on any atom is -0.381 e. The zero-order chi connectivity index (χ0) is 18.6. The van der Waals surface area contributed by atoms with Gasteiger partial charge in [-0.15, -0.1) is 0 Å². The lowest BCUT2D eigenvalue weighted by molar-refractivity contribution is 0.00246. The van der Waals surface area contributed by atoms with Crippen LogP contribution in [0.3, 0.4) is 0 Å². The summed E-state index contributed by atoms with van der Waals surface area (Å²) in [5.74, 6) is 1.52. The highest BCUT2D eigenvalue weighted by Crippen LogP contribution is 2.21. The molecule has 3 atom stereocenters. The van der Waals surface area contributed by atoms with Gasteiger partial charge in [-0.1, -0.05) is 32.6 Å². The summed E-state index contributed by atoms with van der Waals surface area (Å²) in [4.78, 5) is 7.00. The number of hydrogen-bond donors (Lipinski definition) is 2. The van der Waals surface area contributed by atoms with Gasteiger partial charge in [0.15, 0.2) is 5.96 Å². The van der Waals surface area contributed by atoms with E-state index in [0.29, 0.717) is 18.0 Å². The van der Waals surface area contributed by atoms with E-state index in [-0.39, 0.29) is 0 Å². The molecule has 0 amide bonds. The quantitative estimate of drug-likeness (QED) is 0.352. The Morgan fingerprint density at radius 3 is 2.62 bits per heavy atom.